The Morgan fingerprint density at radius 3 is 2.65 bits per heavy atom. The van der Waals surface area contributed by atoms with Crippen molar-refractivity contribution < 1.29 is 14.3 Å². The number of rotatable bonds is 5. The van der Waals surface area contributed by atoms with Crippen LogP contribution in [0, 0.1) is 6.92 Å². The quantitative estimate of drug-likeness (QED) is 0.323. The van der Waals surface area contributed by atoms with Gasteiger partial charge >= 0.3 is 0 Å². The summed E-state index contributed by atoms with van der Waals surface area (Å²) in [5.41, 5.74) is 0. The van der Waals surface area contributed by atoms with Gasteiger partial charge in [-0.2, -0.15) is 0 Å². The molecule has 0 saturated heterocycles. The number of amides is 1. The zero-order valence-electron chi connectivity index (χ0n) is 11.8. The van der Waals surface area contributed by atoms with E-state index in [-0.39, 0.29) is 43.0 Å². The van der Waals surface area contributed by atoms with Crippen molar-refractivity contribution in [2.24, 2.45) is 4.99 Å². The molecule has 0 radical (unpaired) electrons. The number of furan rings is 1. The minimum Gasteiger partial charge on any atom is -0.464 e. The number of hydrogen-bond donors (Lipinski definition) is 4. The van der Waals surface area contributed by atoms with E-state index < -0.39 is 6.10 Å². The molecule has 20 heavy (non-hydrogen) atoms. The lowest BCUT2D eigenvalue weighted by atomic mass is 10.3. The maximum absolute atomic E-state index is 11.1. The van der Waals surface area contributed by atoms with Crippen LogP contribution in [0.4, 0.5) is 0 Å². The third-order valence-corrected chi connectivity index (χ3v) is 2.47. The first-order chi connectivity index (χ1) is 9.06. The van der Waals surface area contributed by atoms with Crippen LogP contribution < -0.4 is 16.0 Å². The van der Waals surface area contributed by atoms with Crippen LogP contribution in [0.2, 0.25) is 0 Å². The summed E-state index contributed by atoms with van der Waals surface area (Å²) in [5, 5.41) is 18.1. The number of guanidine groups is 1. The fourth-order valence-electron chi connectivity index (χ4n) is 1.40. The average molecular weight is 396 g/mol. The number of halogens is 1. The largest absolute Gasteiger partial charge is 0.464 e. The molecule has 0 aliphatic heterocycles. The molecule has 1 aromatic heterocycles. The number of aryl methyl sites for hydroxylation is 1. The van der Waals surface area contributed by atoms with Crippen molar-refractivity contribution >= 4 is 35.8 Å². The van der Waals surface area contributed by atoms with Crippen LogP contribution in [0.3, 0.4) is 0 Å². The number of nitrogens with one attached hydrogen (secondary N) is 3. The number of carbonyl (C=O) groups is 1. The van der Waals surface area contributed by atoms with Gasteiger partial charge in [-0.05, 0) is 19.1 Å². The summed E-state index contributed by atoms with van der Waals surface area (Å²) in [4.78, 5) is 15.0. The average Bonchev–Trinajstić information content (AvgIpc) is 2.85. The van der Waals surface area contributed by atoms with E-state index in [2.05, 4.69) is 20.9 Å². The van der Waals surface area contributed by atoms with E-state index in [9.17, 15) is 9.90 Å². The molecule has 0 aromatic carbocycles. The number of hydrogen-bond acceptors (Lipinski definition) is 4. The molecule has 0 aliphatic carbocycles. The highest BCUT2D eigenvalue weighted by Crippen LogP contribution is 2.14. The highest BCUT2D eigenvalue weighted by molar-refractivity contribution is 14.0. The molecule has 8 heteroatoms. The van der Waals surface area contributed by atoms with Gasteiger partial charge in [0.1, 0.15) is 17.6 Å². The topological polar surface area (TPSA) is 98.9 Å². The van der Waals surface area contributed by atoms with Crippen LogP contribution in [-0.2, 0) is 4.79 Å². The molecule has 1 rings (SSSR count). The van der Waals surface area contributed by atoms with E-state index >= 15 is 0 Å². The second-order valence-corrected chi connectivity index (χ2v) is 3.94. The van der Waals surface area contributed by atoms with Crippen molar-refractivity contribution in [2.75, 3.05) is 27.2 Å². The van der Waals surface area contributed by atoms with Gasteiger partial charge in [0.25, 0.3) is 0 Å². The summed E-state index contributed by atoms with van der Waals surface area (Å²) in [6.45, 7) is 2.17. The maximum Gasteiger partial charge on any atom is 0.239 e. The van der Waals surface area contributed by atoms with E-state index in [0.29, 0.717) is 11.7 Å². The maximum atomic E-state index is 11.1. The molecule has 0 bridgehead atoms. The van der Waals surface area contributed by atoms with Crippen LogP contribution in [0.1, 0.15) is 17.6 Å². The first-order valence-electron chi connectivity index (χ1n) is 5.96. The molecule has 4 N–H and O–H groups in total. The number of carbonyl (C=O) groups excluding carboxylic acids is 1. The van der Waals surface area contributed by atoms with E-state index in [1.54, 1.807) is 26.2 Å². The summed E-state index contributed by atoms with van der Waals surface area (Å²) in [6.07, 6.45) is -0.771. The summed E-state index contributed by atoms with van der Waals surface area (Å²) < 4.78 is 5.31. The van der Waals surface area contributed by atoms with E-state index in [4.69, 9.17) is 4.42 Å². The summed E-state index contributed by atoms with van der Waals surface area (Å²) >= 11 is 0. The Kier molecular flexibility index (Phi) is 8.97. The lowest BCUT2D eigenvalue weighted by Crippen LogP contribution is -2.43. The molecule has 1 amide bonds. The van der Waals surface area contributed by atoms with Gasteiger partial charge in [-0.1, -0.05) is 0 Å². The standard InChI is InChI=1S/C12H20N4O3.HI/c1-8-4-5-10(19-8)9(17)6-15-12(14-3)16-7-11(18)13-2;/h4-5,9,17H,6-7H2,1-3H3,(H,13,18)(H2,14,15,16);1H. The molecule has 0 fully saturated rings. The van der Waals surface area contributed by atoms with Crippen molar-refractivity contribution in [2.45, 2.75) is 13.0 Å². The zero-order chi connectivity index (χ0) is 14.3. The van der Waals surface area contributed by atoms with Gasteiger partial charge in [-0.15, -0.1) is 24.0 Å². The zero-order valence-corrected chi connectivity index (χ0v) is 14.1. The molecule has 1 heterocycles. The van der Waals surface area contributed by atoms with E-state index in [1.807, 2.05) is 6.92 Å². The third kappa shape index (κ3) is 6.24. The number of likely N-dealkylation sites (N-methyl/N-ethyl adjacent to an activating group) is 1. The molecule has 1 aromatic rings. The molecule has 7 nitrogen and oxygen atoms in total. The Bertz CT molecular complexity index is 448. The van der Waals surface area contributed by atoms with Crippen LogP contribution in [0.15, 0.2) is 21.5 Å². The fourth-order valence-corrected chi connectivity index (χ4v) is 1.40. The molecule has 1 atom stereocenters. The van der Waals surface area contributed by atoms with Crippen LogP contribution in [-0.4, -0.2) is 44.2 Å². The van der Waals surface area contributed by atoms with Crippen molar-refractivity contribution in [3.05, 3.63) is 23.7 Å². The van der Waals surface area contributed by atoms with Crippen LogP contribution >= 0.6 is 24.0 Å². The molecule has 0 saturated carbocycles. The Morgan fingerprint density at radius 2 is 2.15 bits per heavy atom. The smallest absolute Gasteiger partial charge is 0.239 e. The Morgan fingerprint density at radius 1 is 1.45 bits per heavy atom. The first-order valence-corrected chi connectivity index (χ1v) is 5.96. The second kappa shape index (κ2) is 9.59. The monoisotopic (exact) mass is 396 g/mol. The van der Waals surface area contributed by atoms with Crippen LogP contribution in [0.25, 0.3) is 0 Å². The van der Waals surface area contributed by atoms with Crippen molar-refractivity contribution in [1.29, 1.82) is 0 Å². The third-order valence-electron chi connectivity index (χ3n) is 2.47. The highest BCUT2D eigenvalue weighted by Gasteiger charge is 2.12. The summed E-state index contributed by atoms with van der Waals surface area (Å²) in [5.74, 6) is 1.53. The lowest BCUT2D eigenvalue weighted by molar-refractivity contribution is -0.119. The van der Waals surface area contributed by atoms with Gasteiger partial charge < -0.3 is 25.5 Å². The van der Waals surface area contributed by atoms with Gasteiger partial charge in [0.05, 0.1) is 13.1 Å². The van der Waals surface area contributed by atoms with E-state index in [1.165, 1.54) is 0 Å². The molecular formula is C12H21IN4O3. The van der Waals surface area contributed by atoms with Gasteiger partial charge in [0, 0.05) is 14.1 Å². The second-order valence-electron chi connectivity index (χ2n) is 3.94. The number of aliphatic imine (C=N–C) groups is 1. The molecule has 1 unspecified atom stereocenters. The highest BCUT2D eigenvalue weighted by atomic mass is 127. The van der Waals surface area contributed by atoms with Crippen molar-refractivity contribution in [1.82, 2.24) is 16.0 Å². The lowest BCUT2D eigenvalue weighted by Gasteiger charge is -2.13. The number of aliphatic hydroxyl groups excluding tert-OH is 1. The fraction of sp³-hybridized carbons (Fsp3) is 0.500. The van der Waals surface area contributed by atoms with Gasteiger partial charge in [-0.3, -0.25) is 9.79 Å². The molecular weight excluding hydrogens is 375 g/mol. The minimum atomic E-state index is -0.771. The normalized spacial score (nSPS) is 12.3. The SMILES string of the molecule is CN=C(NCC(=O)NC)NCC(O)c1ccc(C)o1.I. The van der Waals surface area contributed by atoms with E-state index in [0.717, 1.165) is 5.76 Å². The molecule has 0 aliphatic rings. The summed E-state index contributed by atoms with van der Waals surface area (Å²) in [7, 11) is 3.14. The van der Waals surface area contributed by atoms with Gasteiger partial charge in [0.15, 0.2) is 5.96 Å². The predicted molar refractivity (Wildman–Crippen MR) is 87.3 cm³/mol. The Hall–Kier alpha value is -1.29. The Labute approximate surface area is 135 Å². The molecule has 0 spiro atoms. The first kappa shape index (κ1) is 18.7. The number of nitrogens with zero attached hydrogens (tertiary/aromatic N) is 1. The van der Waals surface area contributed by atoms with Crippen molar-refractivity contribution in [3.8, 4) is 0 Å². The minimum absolute atomic E-state index is 0. The molecule has 114 valence electrons. The van der Waals surface area contributed by atoms with Gasteiger partial charge in [-0.25, -0.2) is 0 Å². The summed E-state index contributed by atoms with van der Waals surface area (Å²) in [6, 6.07) is 3.51. The Balaban J connectivity index is 0.00000361. The van der Waals surface area contributed by atoms with Crippen LogP contribution in [0.5, 0.6) is 0 Å². The van der Waals surface area contributed by atoms with Gasteiger partial charge in [0.2, 0.25) is 5.91 Å². The van der Waals surface area contributed by atoms with Crippen molar-refractivity contribution in [3.63, 3.8) is 0 Å². The number of aliphatic hydroxyl groups is 1. The predicted octanol–water partition coefficient (Wildman–Crippen LogP) is 0.150.